The van der Waals surface area contributed by atoms with Crippen LogP contribution in [0.15, 0.2) is 0 Å². The van der Waals surface area contributed by atoms with Crippen LogP contribution in [0.25, 0.3) is 0 Å². The monoisotopic (exact) mass is 382 g/mol. The van der Waals surface area contributed by atoms with E-state index in [4.69, 9.17) is 0 Å². The van der Waals surface area contributed by atoms with Gasteiger partial charge in [-0.3, -0.25) is 9.59 Å². The number of aliphatic carboxylic acids is 2. The highest BCUT2D eigenvalue weighted by Gasteiger charge is 2.50. The van der Waals surface area contributed by atoms with Gasteiger partial charge in [0.1, 0.15) is 0 Å². The minimum absolute atomic E-state index is 0.514. The fraction of sp³-hybridized carbons (Fsp3) is 0.913. The van der Waals surface area contributed by atoms with E-state index in [1.54, 1.807) is 0 Å². The summed E-state index contributed by atoms with van der Waals surface area (Å²) in [5, 5.41) is 19.2. The number of carbonyl (C=O) groups is 2. The lowest BCUT2D eigenvalue weighted by Gasteiger charge is -2.38. The van der Waals surface area contributed by atoms with Gasteiger partial charge in [0.25, 0.3) is 0 Å². The first kappa shape index (κ1) is 24.0. The predicted molar refractivity (Wildman–Crippen MR) is 110 cm³/mol. The van der Waals surface area contributed by atoms with Gasteiger partial charge in [0, 0.05) is 0 Å². The Labute approximate surface area is 166 Å². The first-order valence-electron chi connectivity index (χ1n) is 11.5. The summed E-state index contributed by atoms with van der Waals surface area (Å²) in [6.07, 6.45) is 19.6. The second-order valence-corrected chi connectivity index (χ2v) is 8.59. The van der Waals surface area contributed by atoms with Crippen LogP contribution in [0, 0.1) is 11.3 Å². The van der Waals surface area contributed by atoms with Gasteiger partial charge in [-0.15, -0.1) is 0 Å². The van der Waals surface area contributed by atoms with Crippen LogP contribution in [0.2, 0.25) is 0 Å². The van der Waals surface area contributed by atoms with Gasteiger partial charge in [0.15, 0.2) is 0 Å². The van der Waals surface area contributed by atoms with Crippen molar-refractivity contribution in [1.82, 2.24) is 0 Å². The molecule has 0 amide bonds. The Bertz CT molecular complexity index is 421. The van der Waals surface area contributed by atoms with E-state index in [-0.39, 0.29) is 0 Å². The van der Waals surface area contributed by atoms with Crippen LogP contribution in [0.3, 0.4) is 0 Å². The van der Waals surface area contributed by atoms with E-state index >= 15 is 0 Å². The summed E-state index contributed by atoms with van der Waals surface area (Å²) < 4.78 is 0. The lowest BCUT2D eigenvalue weighted by Crippen LogP contribution is -2.44. The van der Waals surface area contributed by atoms with Crippen LogP contribution < -0.4 is 0 Å². The molecule has 0 aromatic heterocycles. The summed E-state index contributed by atoms with van der Waals surface area (Å²) in [6.45, 7) is 2.25. The maximum absolute atomic E-state index is 11.9. The zero-order valence-corrected chi connectivity index (χ0v) is 17.5. The van der Waals surface area contributed by atoms with Gasteiger partial charge in [0.05, 0.1) is 11.3 Å². The van der Waals surface area contributed by atoms with E-state index < -0.39 is 23.3 Å². The van der Waals surface area contributed by atoms with Gasteiger partial charge < -0.3 is 10.2 Å². The molecular weight excluding hydrogens is 340 g/mol. The molecule has 2 unspecified atom stereocenters. The molecule has 0 saturated heterocycles. The molecule has 0 bridgehead atoms. The highest BCUT2D eigenvalue weighted by atomic mass is 16.4. The third kappa shape index (κ3) is 8.66. The quantitative estimate of drug-likeness (QED) is 0.287. The Kier molecular flexibility index (Phi) is 12.4. The number of hydrogen-bond donors (Lipinski definition) is 2. The van der Waals surface area contributed by atoms with Crippen molar-refractivity contribution in [3.63, 3.8) is 0 Å². The first-order chi connectivity index (χ1) is 13.0. The number of hydrogen-bond acceptors (Lipinski definition) is 2. The average molecular weight is 383 g/mol. The maximum Gasteiger partial charge on any atom is 0.310 e. The molecule has 2 atom stereocenters. The van der Waals surface area contributed by atoms with E-state index in [0.29, 0.717) is 19.3 Å². The molecule has 0 aromatic carbocycles. The van der Waals surface area contributed by atoms with Crippen molar-refractivity contribution in [2.75, 3.05) is 0 Å². The maximum atomic E-state index is 11.9. The molecule has 0 aliphatic heterocycles. The molecule has 158 valence electrons. The predicted octanol–water partition coefficient (Wildman–Crippen LogP) is 6.81. The summed E-state index contributed by atoms with van der Waals surface area (Å²) in [4.78, 5) is 23.4. The molecule has 0 aromatic rings. The Morgan fingerprint density at radius 2 is 1.26 bits per heavy atom. The molecule has 2 N–H and O–H groups in total. The molecule has 1 rings (SSSR count). The van der Waals surface area contributed by atoms with Crippen LogP contribution >= 0.6 is 0 Å². The van der Waals surface area contributed by atoms with E-state index in [9.17, 15) is 19.8 Å². The number of carboxylic acids is 2. The minimum atomic E-state index is -1.03. The summed E-state index contributed by atoms with van der Waals surface area (Å²) in [6, 6.07) is 0. The van der Waals surface area contributed by atoms with Crippen molar-refractivity contribution in [2.24, 2.45) is 11.3 Å². The normalized spacial score (nSPS) is 22.6. The molecule has 4 nitrogen and oxygen atoms in total. The molecule has 0 spiro atoms. The van der Waals surface area contributed by atoms with Gasteiger partial charge in [0.2, 0.25) is 0 Å². The Hall–Kier alpha value is -1.06. The smallest absolute Gasteiger partial charge is 0.310 e. The molecule has 1 aliphatic carbocycles. The second kappa shape index (κ2) is 14.0. The Balaban J connectivity index is 2.12. The largest absolute Gasteiger partial charge is 0.481 e. The summed E-state index contributed by atoms with van der Waals surface area (Å²) in [5.74, 6) is -2.53. The molecule has 0 heterocycles. The van der Waals surface area contributed by atoms with E-state index in [0.717, 1.165) is 32.1 Å². The SMILES string of the molecule is CCCCCCCCCCCCCCCC1(C(=O)O)CCCCC1C(=O)O. The van der Waals surface area contributed by atoms with Crippen LogP contribution in [-0.2, 0) is 9.59 Å². The lowest BCUT2D eigenvalue weighted by molar-refractivity contribution is -0.166. The summed E-state index contributed by atoms with van der Waals surface area (Å²) in [5.41, 5.74) is -1.03. The zero-order valence-electron chi connectivity index (χ0n) is 17.5. The zero-order chi connectivity index (χ0) is 20.0. The van der Waals surface area contributed by atoms with E-state index in [1.165, 1.54) is 64.2 Å². The molecule has 4 heteroatoms. The molecule has 1 fully saturated rings. The van der Waals surface area contributed by atoms with Crippen LogP contribution in [-0.4, -0.2) is 22.2 Å². The molecule has 0 radical (unpaired) electrons. The van der Waals surface area contributed by atoms with Gasteiger partial charge in [-0.2, -0.15) is 0 Å². The van der Waals surface area contributed by atoms with Gasteiger partial charge in [-0.25, -0.2) is 0 Å². The van der Waals surface area contributed by atoms with Crippen molar-refractivity contribution in [1.29, 1.82) is 0 Å². The van der Waals surface area contributed by atoms with Gasteiger partial charge >= 0.3 is 11.9 Å². The number of carboxylic acid groups (broad SMARTS) is 2. The summed E-state index contributed by atoms with van der Waals surface area (Å²) in [7, 11) is 0. The molecule has 1 saturated carbocycles. The van der Waals surface area contributed by atoms with Crippen molar-refractivity contribution in [3.8, 4) is 0 Å². The molecule has 1 aliphatic rings. The molecule has 27 heavy (non-hydrogen) atoms. The number of unbranched alkanes of at least 4 members (excludes halogenated alkanes) is 12. The third-order valence-corrected chi connectivity index (χ3v) is 6.48. The van der Waals surface area contributed by atoms with Crippen LogP contribution in [0.5, 0.6) is 0 Å². The van der Waals surface area contributed by atoms with Gasteiger partial charge in [-0.1, -0.05) is 103 Å². The highest BCUT2D eigenvalue weighted by molar-refractivity contribution is 5.83. The lowest BCUT2D eigenvalue weighted by atomic mass is 9.63. The van der Waals surface area contributed by atoms with Crippen molar-refractivity contribution < 1.29 is 19.8 Å². The Morgan fingerprint density at radius 3 is 1.70 bits per heavy atom. The van der Waals surface area contributed by atoms with Gasteiger partial charge in [-0.05, 0) is 19.3 Å². The first-order valence-corrected chi connectivity index (χ1v) is 11.5. The number of rotatable bonds is 16. The van der Waals surface area contributed by atoms with Crippen LogP contribution in [0.4, 0.5) is 0 Å². The minimum Gasteiger partial charge on any atom is -0.481 e. The molecular formula is C23H42O4. The average Bonchev–Trinajstić information content (AvgIpc) is 2.65. The van der Waals surface area contributed by atoms with Crippen LogP contribution in [0.1, 0.15) is 122 Å². The van der Waals surface area contributed by atoms with Crippen molar-refractivity contribution in [2.45, 2.75) is 122 Å². The fourth-order valence-electron chi connectivity index (χ4n) is 4.72. The topological polar surface area (TPSA) is 74.6 Å². The van der Waals surface area contributed by atoms with Crippen molar-refractivity contribution >= 4 is 11.9 Å². The third-order valence-electron chi connectivity index (χ3n) is 6.48. The van der Waals surface area contributed by atoms with Crippen molar-refractivity contribution in [3.05, 3.63) is 0 Å². The van der Waals surface area contributed by atoms with E-state index in [2.05, 4.69) is 6.92 Å². The summed E-state index contributed by atoms with van der Waals surface area (Å²) >= 11 is 0. The highest BCUT2D eigenvalue weighted by Crippen LogP contribution is 2.45. The fourth-order valence-corrected chi connectivity index (χ4v) is 4.72. The van der Waals surface area contributed by atoms with E-state index in [1.807, 2.05) is 0 Å². The standard InChI is InChI=1S/C23H42O4/c1-2-3-4-5-6-7-8-9-10-11-12-13-15-18-23(22(26)27)19-16-14-17-20(23)21(24)25/h20H,2-19H2,1H3,(H,24,25)(H,26,27). The Morgan fingerprint density at radius 1 is 0.778 bits per heavy atom. The second-order valence-electron chi connectivity index (χ2n) is 8.59.